The Kier molecular flexibility index (Phi) is 3.02. The van der Waals surface area contributed by atoms with Crippen molar-refractivity contribution in [2.45, 2.75) is 10.3 Å². The Morgan fingerprint density at radius 1 is 1.12 bits per heavy atom. The molecule has 0 spiro atoms. The van der Waals surface area contributed by atoms with Crippen molar-refractivity contribution in [1.82, 2.24) is 19.9 Å². The van der Waals surface area contributed by atoms with E-state index in [2.05, 4.69) is 19.9 Å². The van der Waals surface area contributed by atoms with Crippen molar-refractivity contribution in [3.8, 4) is 6.07 Å². The van der Waals surface area contributed by atoms with E-state index in [4.69, 9.17) is 16.7 Å². The van der Waals surface area contributed by atoms with Gasteiger partial charge in [-0.25, -0.2) is 19.9 Å². The van der Waals surface area contributed by atoms with Crippen molar-refractivity contribution in [2.75, 3.05) is 11.5 Å². The quantitative estimate of drug-likeness (QED) is 0.730. The van der Waals surface area contributed by atoms with Crippen molar-refractivity contribution in [1.29, 1.82) is 5.26 Å². The largest absolute Gasteiger partial charge is 0.383 e. The van der Waals surface area contributed by atoms with Crippen LogP contribution in [0, 0.1) is 11.3 Å². The second-order valence-electron chi connectivity index (χ2n) is 2.94. The number of anilines is 2. The zero-order valence-electron chi connectivity index (χ0n) is 8.53. The van der Waals surface area contributed by atoms with E-state index in [9.17, 15) is 0 Å². The molecule has 0 atom stereocenters. The Balaban J connectivity index is 2.28. The summed E-state index contributed by atoms with van der Waals surface area (Å²) in [4.78, 5) is 15.9. The second-order valence-corrected chi connectivity index (χ2v) is 3.87. The molecule has 0 saturated carbocycles. The number of nitrogens with zero attached hydrogens (tertiary/aromatic N) is 5. The lowest BCUT2D eigenvalue weighted by Gasteiger charge is -2.01. The van der Waals surface area contributed by atoms with E-state index >= 15 is 0 Å². The van der Waals surface area contributed by atoms with Crippen molar-refractivity contribution < 1.29 is 0 Å². The van der Waals surface area contributed by atoms with E-state index in [1.807, 2.05) is 6.07 Å². The normalized spacial score (nSPS) is 9.82. The van der Waals surface area contributed by atoms with Crippen molar-refractivity contribution in [2.24, 2.45) is 0 Å². The predicted octanol–water partition coefficient (Wildman–Crippen LogP) is 0.454. The first kappa shape index (κ1) is 11.1. The molecule has 0 amide bonds. The van der Waals surface area contributed by atoms with E-state index in [-0.39, 0.29) is 17.3 Å². The summed E-state index contributed by atoms with van der Waals surface area (Å²) < 4.78 is 0. The Morgan fingerprint density at radius 2 is 1.82 bits per heavy atom. The van der Waals surface area contributed by atoms with E-state index in [1.54, 1.807) is 0 Å². The molecule has 2 aromatic rings. The average Bonchev–Trinajstić information content (AvgIpc) is 2.28. The fourth-order valence-electron chi connectivity index (χ4n) is 1.04. The summed E-state index contributed by atoms with van der Waals surface area (Å²) in [7, 11) is 0. The highest BCUT2D eigenvalue weighted by Crippen LogP contribution is 2.22. The Hall–Kier alpha value is -2.40. The number of nitriles is 1. The second kappa shape index (κ2) is 4.63. The van der Waals surface area contributed by atoms with Gasteiger partial charge in [-0.3, -0.25) is 0 Å². The minimum atomic E-state index is 0.274. The van der Waals surface area contributed by atoms with Gasteiger partial charge in [0.25, 0.3) is 0 Å². The molecule has 0 aromatic carbocycles. The minimum Gasteiger partial charge on any atom is -0.383 e. The highest BCUT2D eigenvalue weighted by molar-refractivity contribution is 7.99. The Labute approximate surface area is 101 Å². The van der Waals surface area contributed by atoms with Crippen molar-refractivity contribution in [3.63, 3.8) is 0 Å². The smallest absolute Gasteiger partial charge is 0.199 e. The summed E-state index contributed by atoms with van der Waals surface area (Å²) in [5, 5.41) is 9.41. The monoisotopic (exact) mass is 245 g/mol. The maximum absolute atomic E-state index is 8.70. The summed E-state index contributed by atoms with van der Waals surface area (Å²) in [6, 6.07) is 4.89. The van der Waals surface area contributed by atoms with Crippen LogP contribution in [0.5, 0.6) is 0 Å². The third kappa shape index (κ3) is 2.79. The number of hydrogen-bond donors (Lipinski definition) is 2. The van der Waals surface area contributed by atoms with Crippen LogP contribution < -0.4 is 11.5 Å². The summed E-state index contributed by atoms with van der Waals surface area (Å²) in [5.74, 6) is 0.549. The van der Waals surface area contributed by atoms with Crippen LogP contribution in [0.3, 0.4) is 0 Å². The predicted molar refractivity (Wildman–Crippen MR) is 61.7 cm³/mol. The van der Waals surface area contributed by atoms with Gasteiger partial charge in [0.05, 0.1) is 0 Å². The van der Waals surface area contributed by atoms with Crippen molar-refractivity contribution >= 4 is 23.4 Å². The first-order chi connectivity index (χ1) is 8.17. The summed E-state index contributed by atoms with van der Waals surface area (Å²) in [6.07, 6.45) is 1.49. The van der Waals surface area contributed by atoms with E-state index in [1.165, 1.54) is 18.3 Å². The van der Waals surface area contributed by atoms with Crippen LogP contribution in [0.4, 0.5) is 11.6 Å². The molecular weight excluding hydrogens is 238 g/mol. The first-order valence-electron chi connectivity index (χ1n) is 4.48. The molecule has 0 saturated heterocycles. The third-order valence-corrected chi connectivity index (χ3v) is 2.42. The number of rotatable bonds is 2. The highest BCUT2D eigenvalue weighted by atomic mass is 32.2. The van der Waals surface area contributed by atoms with Gasteiger partial charge >= 0.3 is 0 Å². The van der Waals surface area contributed by atoms with Gasteiger partial charge in [0.2, 0.25) is 0 Å². The van der Waals surface area contributed by atoms with Crippen LogP contribution in [0.1, 0.15) is 5.69 Å². The summed E-state index contributed by atoms with van der Waals surface area (Å²) >= 11 is 1.09. The van der Waals surface area contributed by atoms with Crippen LogP contribution in [0.15, 0.2) is 28.6 Å². The lowest BCUT2D eigenvalue weighted by molar-refractivity contribution is 0.926. The Morgan fingerprint density at radius 3 is 2.47 bits per heavy atom. The molecule has 4 N–H and O–H groups in total. The zero-order valence-corrected chi connectivity index (χ0v) is 9.35. The molecule has 0 radical (unpaired) electrons. The van der Waals surface area contributed by atoms with Gasteiger partial charge in [0.1, 0.15) is 23.4 Å². The standard InChI is InChI=1S/C9H7N7S/c10-4-5-1-2-13-8(14-5)17-9-15-6(11)3-7(12)16-9/h1-3H,(H4,11,12,15,16). The van der Waals surface area contributed by atoms with Crippen molar-refractivity contribution in [3.05, 3.63) is 24.0 Å². The van der Waals surface area contributed by atoms with Gasteiger partial charge in [0.15, 0.2) is 10.3 Å². The van der Waals surface area contributed by atoms with Gasteiger partial charge in [-0.2, -0.15) is 5.26 Å². The number of hydrogen-bond acceptors (Lipinski definition) is 8. The molecule has 7 nitrogen and oxygen atoms in total. The number of nitrogen functional groups attached to an aromatic ring is 2. The lowest BCUT2D eigenvalue weighted by Crippen LogP contribution is -1.99. The molecule has 2 aromatic heterocycles. The molecule has 8 heteroatoms. The van der Waals surface area contributed by atoms with Crippen LogP contribution in [-0.4, -0.2) is 19.9 Å². The average molecular weight is 245 g/mol. The molecule has 0 aliphatic carbocycles. The summed E-state index contributed by atoms with van der Waals surface area (Å²) in [5.41, 5.74) is 11.3. The highest BCUT2D eigenvalue weighted by Gasteiger charge is 2.06. The molecule has 2 heterocycles. The molecule has 0 unspecified atom stereocenters. The number of nitrogens with two attached hydrogens (primary N) is 2. The topological polar surface area (TPSA) is 127 Å². The Bertz CT molecular complexity index is 572. The third-order valence-electron chi connectivity index (χ3n) is 1.68. The maximum atomic E-state index is 8.70. The van der Waals surface area contributed by atoms with Crippen LogP contribution in [0.2, 0.25) is 0 Å². The molecule has 17 heavy (non-hydrogen) atoms. The van der Waals surface area contributed by atoms with E-state index in [0.29, 0.717) is 10.3 Å². The van der Waals surface area contributed by atoms with Crippen LogP contribution >= 0.6 is 11.8 Å². The minimum absolute atomic E-state index is 0.274. The molecule has 0 aliphatic rings. The van der Waals surface area contributed by atoms with Gasteiger partial charge in [-0.05, 0) is 17.8 Å². The van der Waals surface area contributed by atoms with E-state index < -0.39 is 0 Å². The SMILES string of the molecule is N#Cc1ccnc(Sc2nc(N)cc(N)n2)n1. The fraction of sp³-hybridized carbons (Fsp3) is 0. The molecule has 84 valence electrons. The molecular formula is C9H7N7S. The molecule has 0 bridgehead atoms. The lowest BCUT2D eigenvalue weighted by atomic mass is 10.5. The van der Waals surface area contributed by atoms with Crippen LogP contribution in [-0.2, 0) is 0 Å². The van der Waals surface area contributed by atoms with Gasteiger partial charge in [0, 0.05) is 12.3 Å². The van der Waals surface area contributed by atoms with Crippen LogP contribution in [0.25, 0.3) is 0 Å². The molecule has 0 fully saturated rings. The summed E-state index contributed by atoms with van der Waals surface area (Å²) in [6.45, 7) is 0. The van der Waals surface area contributed by atoms with E-state index in [0.717, 1.165) is 11.8 Å². The maximum Gasteiger partial charge on any atom is 0.199 e. The number of aromatic nitrogens is 4. The van der Waals surface area contributed by atoms with Gasteiger partial charge in [-0.15, -0.1) is 0 Å². The zero-order chi connectivity index (χ0) is 12.3. The first-order valence-corrected chi connectivity index (χ1v) is 5.30. The van der Waals surface area contributed by atoms with Gasteiger partial charge in [-0.1, -0.05) is 0 Å². The fourth-order valence-corrected chi connectivity index (χ4v) is 1.76. The molecule has 2 rings (SSSR count). The van der Waals surface area contributed by atoms with Gasteiger partial charge < -0.3 is 11.5 Å². The molecule has 0 aliphatic heterocycles.